The van der Waals surface area contributed by atoms with Gasteiger partial charge >= 0.3 is 0 Å². The summed E-state index contributed by atoms with van der Waals surface area (Å²) in [6.07, 6.45) is 3.71. The molecule has 1 aliphatic heterocycles. The number of rotatable bonds is 8. The van der Waals surface area contributed by atoms with Crippen LogP contribution in [0, 0.1) is 17.7 Å². The predicted octanol–water partition coefficient (Wildman–Crippen LogP) is 4.67. The van der Waals surface area contributed by atoms with E-state index < -0.39 is 0 Å². The number of carbonyl (C=O) groups is 1. The summed E-state index contributed by atoms with van der Waals surface area (Å²) in [6.45, 7) is 6.18. The van der Waals surface area contributed by atoms with E-state index in [1.165, 1.54) is 5.56 Å². The normalized spacial score (nSPS) is 13.2. The number of aromatic amines is 1. The Morgan fingerprint density at radius 2 is 1.84 bits per heavy atom. The lowest BCUT2D eigenvalue weighted by Gasteiger charge is -2.33. The fourth-order valence-electron chi connectivity index (χ4n) is 4.60. The largest absolute Gasteiger partial charge is 0.384 e. The van der Waals surface area contributed by atoms with Gasteiger partial charge in [0.05, 0.1) is 30.9 Å². The Labute approximate surface area is 236 Å². The zero-order chi connectivity index (χ0) is 25.7. The number of nitrogens with two attached hydrogens (primary N) is 1. The number of amidine groups is 2. The first-order chi connectivity index (χ1) is 17.3. The summed E-state index contributed by atoms with van der Waals surface area (Å²) < 4.78 is 0. The number of H-pyrrole nitrogens is 1. The van der Waals surface area contributed by atoms with Crippen LogP contribution in [0.15, 0.2) is 54.9 Å². The molecule has 2 heterocycles. The van der Waals surface area contributed by atoms with Crippen LogP contribution in [-0.2, 0) is 11.3 Å². The molecule has 0 radical (unpaired) electrons. The first-order valence-corrected chi connectivity index (χ1v) is 12.2. The van der Waals surface area contributed by atoms with Crippen molar-refractivity contribution in [1.82, 2.24) is 14.9 Å². The van der Waals surface area contributed by atoms with Crippen molar-refractivity contribution < 1.29 is 4.79 Å². The van der Waals surface area contributed by atoms with E-state index in [1.807, 2.05) is 49.1 Å². The lowest BCUT2D eigenvalue weighted by molar-refractivity contribution is -0.115. The summed E-state index contributed by atoms with van der Waals surface area (Å²) in [6, 6.07) is 15.4. The average Bonchev–Trinajstić information content (AvgIpc) is 3.28. The molecule has 6 N–H and O–H groups in total. The third-order valence-electron chi connectivity index (χ3n) is 6.77. The van der Waals surface area contributed by atoms with Gasteiger partial charge < -0.3 is 25.8 Å². The smallest absolute Gasteiger partial charge is 0.243 e. The van der Waals surface area contributed by atoms with Gasteiger partial charge in [0.15, 0.2) is 0 Å². The van der Waals surface area contributed by atoms with E-state index in [0.717, 1.165) is 48.7 Å². The number of amides is 1. The van der Waals surface area contributed by atoms with Crippen LogP contribution >= 0.6 is 24.8 Å². The molecular weight excluding hydrogens is 523 g/mol. The van der Waals surface area contributed by atoms with Gasteiger partial charge in [-0.2, -0.15) is 0 Å². The average molecular weight is 560 g/mol. The number of benzene rings is 2. The van der Waals surface area contributed by atoms with Crippen molar-refractivity contribution >= 4 is 53.8 Å². The van der Waals surface area contributed by atoms with Crippen LogP contribution in [0.5, 0.6) is 0 Å². The van der Waals surface area contributed by atoms with Crippen LogP contribution in [-0.4, -0.2) is 52.1 Å². The molecule has 1 amide bonds. The molecule has 1 fully saturated rings. The Hall–Kier alpha value is -3.56. The maximum Gasteiger partial charge on any atom is 0.243 e. The highest BCUT2D eigenvalue weighted by molar-refractivity contribution is 5.97. The first kappa shape index (κ1) is 30.7. The number of likely N-dealkylation sites (tertiary alicyclic amines) is 1. The molecule has 1 aromatic heterocycles. The Kier molecular flexibility index (Phi) is 11.2. The van der Waals surface area contributed by atoms with Crippen molar-refractivity contribution in [1.29, 1.82) is 10.8 Å². The van der Waals surface area contributed by atoms with Crippen LogP contribution in [0.25, 0.3) is 0 Å². The zero-order valence-corrected chi connectivity index (χ0v) is 23.3. The number of aryl methyl sites for hydroxylation is 1. The summed E-state index contributed by atoms with van der Waals surface area (Å²) in [5.74, 6) is 0.956. The Morgan fingerprint density at radius 3 is 2.42 bits per heavy atom. The Morgan fingerprint density at radius 1 is 1.16 bits per heavy atom. The summed E-state index contributed by atoms with van der Waals surface area (Å²) in [7, 11) is 0. The number of imidazole rings is 1. The van der Waals surface area contributed by atoms with E-state index in [-0.39, 0.29) is 43.1 Å². The van der Waals surface area contributed by atoms with Gasteiger partial charge in [-0.05, 0) is 62.4 Å². The van der Waals surface area contributed by atoms with E-state index in [0.29, 0.717) is 23.9 Å². The minimum atomic E-state index is -0.140. The van der Waals surface area contributed by atoms with Gasteiger partial charge in [-0.25, -0.2) is 4.98 Å². The monoisotopic (exact) mass is 558 g/mol. The van der Waals surface area contributed by atoms with E-state index in [2.05, 4.69) is 32.3 Å². The number of carbonyl (C=O) groups excluding carboxylic acids is 1. The van der Waals surface area contributed by atoms with Gasteiger partial charge in [-0.15, -0.1) is 24.8 Å². The first-order valence-electron chi connectivity index (χ1n) is 12.2. The fraction of sp³-hybridized carbons (Fsp3) is 0.333. The molecule has 0 unspecified atom stereocenters. The molecule has 204 valence electrons. The molecule has 0 spiro atoms. The number of hydrogen-bond donors (Lipinski definition) is 5. The van der Waals surface area contributed by atoms with Crippen LogP contribution in [0.2, 0.25) is 0 Å². The third-order valence-corrected chi connectivity index (χ3v) is 6.77. The number of aromatic nitrogens is 2. The lowest BCUT2D eigenvalue weighted by atomic mass is 9.89. The van der Waals surface area contributed by atoms with E-state index >= 15 is 0 Å². The molecule has 38 heavy (non-hydrogen) atoms. The molecule has 11 heteroatoms. The standard InChI is InChI=1S/C27H34N8O.2ClH/c1-18-25(32-17-31-18)15-35(24-5-3-4-22(14-24)27(29)30)16-26(36)33-23-8-6-20(7-9-23)21-10-12-34(13-11-21)19(2)28;;/h3-9,14,17,21,28H,10-13,15-16H2,1-2H3,(H3,29,30)(H,31,32)(H,33,36);2*1H. The highest BCUT2D eigenvalue weighted by Crippen LogP contribution is 2.29. The number of halogens is 2. The van der Waals surface area contributed by atoms with Gasteiger partial charge in [0, 0.05) is 35.7 Å². The third kappa shape index (κ3) is 7.72. The van der Waals surface area contributed by atoms with Gasteiger partial charge in [0.25, 0.3) is 0 Å². The minimum absolute atomic E-state index is 0. The van der Waals surface area contributed by atoms with Gasteiger partial charge in [-0.1, -0.05) is 24.3 Å². The second-order valence-corrected chi connectivity index (χ2v) is 9.31. The second-order valence-electron chi connectivity index (χ2n) is 9.31. The lowest BCUT2D eigenvalue weighted by Crippen LogP contribution is -2.36. The molecule has 0 atom stereocenters. The van der Waals surface area contributed by atoms with Crippen LogP contribution < -0.4 is 16.0 Å². The number of anilines is 2. The molecule has 1 aliphatic rings. The molecular formula is C27H36Cl2N8O. The summed E-state index contributed by atoms with van der Waals surface area (Å²) >= 11 is 0. The van der Waals surface area contributed by atoms with Gasteiger partial charge in [-0.3, -0.25) is 15.6 Å². The number of piperidine rings is 1. The van der Waals surface area contributed by atoms with Crippen molar-refractivity contribution in [3.05, 3.63) is 77.4 Å². The van der Waals surface area contributed by atoms with Crippen molar-refractivity contribution in [3.63, 3.8) is 0 Å². The van der Waals surface area contributed by atoms with Crippen molar-refractivity contribution in [3.8, 4) is 0 Å². The second kappa shape index (κ2) is 13.8. The Bertz CT molecular complexity index is 1240. The van der Waals surface area contributed by atoms with Crippen molar-refractivity contribution in [2.75, 3.05) is 29.9 Å². The zero-order valence-electron chi connectivity index (χ0n) is 21.7. The van der Waals surface area contributed by atoms with Gasteiger partial charge in [0.2, 0.25) is 5.91 Å². The maximum atomic E-state index is 13.0. The molecule has 1 saturated heterocycles. The van der Waals surface area contributed by atoms with Crippen molar-refractivity contribution in [2.24, 2.45) is 5.73 Å². The molecule has 0 bridgehead atoms. The summed E-state index contributed by atoms with van der Waals surface area (Å²) in [4.78, 5) is 24.6. The highest BCUT2D eigenvalue weighted by Gasteiger charge is 2.21. The SMILES string of the molecule is CC(=N)N1CCC(c2ccc(NC(=O)CN(Cc3nc[nH]c3C)c3cccc(C(=N)N)c3)cc2)CC1.Cl.Cl. The molecule has 3 aromatic rings. The molecule has 2 aromatic carbocycles. The van der Waals surface area contributed by atoms with Crippen molar-refractivity contribution in [2.45, 2.75) is 39.2 Å². The highest BCUT2D eigenvalue weighted by atomic mass is 35.5. The van der Waals surface area contributed by atoms with Crippen LogP contribution in [0.1, 0.15) is 48.2 Å². The fourth-order valence-corrected chi connectivity index (χ4v) is 4.60. The van der Waals surface area contributed by atoms with Crippen LogP contribution in [0.4, 0.5) is 11.4 Å². The number of nitrogen functional groups attached to an aromatic ring is 1. The Balaban J connectivity index is 0.00000253. The van der Waals surface area contributed by atoms with E-state index in [4.69, 9.17) is 16.6 Å². The van der Waals surface area contributed by atoms with Crippen LogP contribution in [0.3, 0.4) is 0 Å². The quantitative estimate of drug-likeness (QED) is 0.202. The molecule has 0 saturated carbocycles. The van der Waals surface area contributed by atoms with E-state index in [1.54, 1.807) is 12.4 Å². The summed E-state index contributed by atoms with van der Waals surface area (Å²) in [5.41, 5.74) is 10.9. The minimum Gasteiger partial charge on any atom is -0.384 e. The molecule has 9 nitrogen and oxygen atoms in total. The molecule has 0 aliphatic carbocycles. The number of hydrogen-bond acceptors (Lipinski definition) is 5. The van der Waals surface area contributed by atoms with Gasteiger partial charge in [0.1, 0.15) is 5.84 Å². The maximum absolute atomic E-state index is 13.0. The predicted molar refractivity (Wildman–Crippen MR) is 158 cm³/mol. The van der Waals surface area contributed by atoms with E-state index in [9.17, 15) is 4.79 Å². The topological polar surface area (TPSA) is 138 Å². The number of nitrogens with one attached hydrogen (secondary N) is 4. The number of nitrogens with zero attached hydrogens (tertiary/aromatic N) is 3. The molecule has 4 rings (SSSR count). The summed E-state index contributed by atoms with van der Waals surface area (Å²) in [5, 5.41) is 18.6.